The van der Waals surface area contributed by atoms with Crippen LogP contribution in [0.4, 0.5) is 0 Å². The molecule has 2 aromatic heterocycles. The molecule has 2 rings (SSSR count). The molecule has 1 unspecified atom stereocenters. The van der Waals surface area contributed by atoms with Crippen molar-refractivity contribution < 1.29 is 4.42 Å². The molecule has 0 amide bonds. The van der Waals surface area contributed by atoms with Gasteiger partial charge in [0.25, 0.3) is 5.89 Å². The number of pyridine rings is 1. The molecule has 0 aliphatic heterocycles. The summed E-state index contributed by atoms with van der Waals surface area (Å²) in [5.41, 5.74) is 1.08. The van der Waals surface area contributed by atoms with Crippen LogP contribution in [-0.2, 0) is 0 Å². The summed E-state index contributed by atoms with van der Waals surface area (Å²) in [6.07, 6.45) is 3.42. The average molecular weight is 271 g/mol. The molecule has 0 radical (unpaired) electrons. The highest BCUT2D eigenvalue weighted by molar-refractivity contribution is 5.47. The van der Waals surface area contributed by atoms with Crippen LogP contribution in [-0.4, -0.2) is 21.7 Å². The average Bonchev–Trinajstić information content (AvgIpc) is 2.98. The lowest BCUT2D eigenvalue weighted by atomic mass is 10.2. The molecule has 0 fully saturated rings. The SMILES string of the molecule is CCCNC(CC)c1nnc(-c2ccc(C#N)cn2)o1. The Morgan fingerprint density at radius 3 is 2.80 bits per heavy atom. The van der Waals surface area contributed by atoms with Crippen LogP contribution in [0, 0.1) is 11.3 Å². The first kappa shape index (κ1) is 14.2. The Morgan fingerprint density at radius 1 is 1.35 bits per heavy atom. The van der Waals surface area contributed by atoms with Gasteiger partial charge in [-0.15, -0.1) is 10.2 Å². The van der Waals surface area contributed by atoms with Gasteiger partial charge in [0, 0.05) is 6.20 Å². The van der Waals surface area contributed by atoms with E-state index < -0.39 is 0 Å². The minimum Gasteiger partial charge on any atom is -0.418 e. The molecule has 20 heavy (non-hydrogen) atoms. The van der Waals surface area contributed by atoms with Crippen molar-refractivity contribution in [2.75, 3.05) is 6.54 Å². The van der Waals surface area contributed by atoms with Crippen LogP contribution in [0.25, 0.3) is 11.6 Å². The zero-order valence-corrected chi connectivity index (χ0v) is 11.6. The number of hydrogen-bond donors (Lipinski definition) is 1. The van der Waals surface area contributed by atoms with Crippen molar-refractivity contribution in [3.8, 4) is 17.7 Å². The number of rotatable bonds is 6. The molecule has 0 saturated heterocycles. The van der Waals surface area contributed by atoms with Gasteiger partial charge in [0.15, 0.2) is 0 Å². The molecule has 0 saturated carbocycles. The summed E-state index contributed by atoms with van der Waals surface area (Å²) in [5.74, 6) is 0.948. The van der Waals surface area contributed by atoms with E-state index in [9.17, 15) is 0 Å². The number of aromatic nitrogens is 3. The van der Waals surface area contributed by atoms with Gasteiger partial charge < -0.3 is 9.73 Å². The fourth-order valence-electron chi connectivity index (χ4n) is 1.79. The smallest absolute Gasteiger partial charge is 0.266 e. The third-order valence-corrected chi connectivity index (χ3v) is 2.90. The predicted octanol–water partition coefficient (Wildman–Crippen LogP) is 2.45. The van der Waals surface area contributed by atoms with Crippen molar-refractivity contribution in [3.05, 3.63) is 29.8 Å². The minimum absolute atomic E-state index is 0.0644. The monoisotopic (exact) mass is 271 g/mol. The maximum Gasteiger partial charge on any atom is 0.266 e. The van der Waals surface area contributed by atoms with Crippen LogP contribution in [0.15, 0.2) is 22.7 Å². The molecule has 0 aliphatic rings. The summed E-state index contributed by atoms with van der Waals surface area (Å²) >= 11 is 0. The quantitative estimate of drug-likeness (QED) is 0.868. The zero-order chi connectivity index (χ0) is 14.4. The Morgan fingerprint density at radius 2 is 2.20 bits per heavy atom. The summed E-state index contributed by atoms with van der Waals surface area (Å²) in [5, 5.41) is 20.2. The third-order valence-electron chi connectivity index (χ3n) is 2.90. The van der Waals surface area contributed by atoms with E-state index in [0.29, 0.717) is 23.0 Å². The van der Waals surface area contributed by atoms with Crippen molar-refractivity contribution in [2.45, 2.75) is 32.7 Å². The molecule has 0 bridgehead atoms. The highest BCUT2D eigenvalue weighted by atomic mass is 16.4. The largest absolute Gasteiger partial charge is 0.418 e. The molecule has 6 heteroatoms. The second kappa shape index (κ2) is 6.78. The van der Waals surface area contributed by atoms with Gasteiger partial charge in [0.05, 0.1) is 11.6 Å². The van der Waals surface area contributed by atoms with Crippen molar-refractivity contribution >= 4 is 0 Å². The number of hydrogen-bond acceptors (Lipinski definition) is 6. The lowest BCUT2D eigenvalue weighted by molar-refractivity contribution is 0.396. The minimum atomic E-state index is 0.0644. The van der Waals surface area contributed by atoms with Gasteiger partial charge in [-0.2, -0.15) is 5.26 Å². The van der Waals surface area contributed by atoms with Crippen LogP contribution in [0.5, 0.6) is 0 Å². The molecule has 0 spiro atoms. The van der Waals surface area contributed by atoms with Gasteiger partial charge in [-0.3, -0.25) is 0 Å². The number of nitrogens with zero attached hydrogens (tertiary/aromatic N) is 4. The van der Waals surface area contributed by atoms with Crippen molar-refractivity contribution in [1.29, 1.82) is 5.26 Å². The fraction of sp³-hybridized carbons (Fsp3) is 0.429. The second-order valence-corrected chi connectivity index (χ2v) is 4.40. The van der Waals surface area contributed by atoms with Gasteiger partial charge in [-0.25, -0.2) is 4.98 Å². The van der Waals surface area contributed by atoms with Gasteiger partial charge in [0.2, 0.25) is 5.89 Å². The summed E-state index contributed by atoms with van der Waals surface area (Å²) < 4.78 is 5.66. The first-order valence-electron chi connectivity index (χ1n) is 6.71. The van der Waals surface area contributed by atoms with Crippen molar-refractivity contribution in [3.63, 3.8) is 0 Å². The van der Waals surface area contributed by atoms with E-state index >= 15 is 0 Å². The molecular formula is C14H17N5O. The van der Waals surface area contributed by atoms with E-state index in [4.69, 9.17) is 9.68 Å². The first-order chi connectivity index (χ1) is 9.78. The van der Waals surface area contributed by atoms with Crippen molar-refractivity contribution in [1.82, 2.24) is 20.5 Å². The molecule has 0 aliphatic carbocycles. The van der Waals surface area contributed by atoms with E-state index in [-0.39, 0.29) is 6.04 Å². The fourth-order valence-corrected chi connectivity index (χ4v) is 1.79. The molecule has 1 N–H and O–H groups in total. The predicted molar refractivity (Wildman–Crippen MR) is 73.6 cm³/mol. The molecule has 1 atom stereocenters. The summed E-state index contributed by atoms with van der Waals surface area (Å²) in [6, 6.07) is 5.47. The van der Waals surface area contributed by atoms with Crippen molar-refractivity contribution in [2.24, 2.45) is 0 Å². The Balaban J connectivity index is 2.16. The van der Waals surface area contributed by atoms with E-state index in [1.165, 1.54) is 6.20 Å². The molecule has 104 valence electrons. The molecular weight excluding hydrogens is 254 g/mol. The van der Waals surface area contributed by atoms with Crippen LogP contribution < -0.4 is 5.32 Å². The Bertz CT molecular complexity index is 584. The van der Waals surface area contributed by atoms with Crippen LogP contribution >= 0.6 is 0 Å². The third kappa shape index (κ3) is 3.19. The van der Waals surface area contributed by atoms with E-state index in [1.54, 1.807) is 12.1 Å². The topological polar surface area (TPSA) is 87.6 Å². The lowest BCUT2D eigenvalue weighted by Gasteiger charge is -2.11. The molecule has 2 aromatic rings. The van der Waals surface area contributed by atoms with Crippen LogP contribution in [0.2, 0.25) is 0 Å². The van der Waals surface area contributed by atoms with Gasteiger partial charge in [0.1, 0.15) is 11.8 Å². The Labute approximate surface area is 117 Å². The summed E-state index contributed by atoms with van der Waals surface area (Å²) in [7, 11) is 0. The van der Waals surface area contributed by atoms with Gasteiger partial charge >= 0.3 is 0 Å². The van der Waals surface area contributed by atoms with Crippen LogP contribution in [0.1, 0.15) is 44.2 Å². The lowest BCUT2D eigenvalue weighted by Crippen LogP contribution is -2.21. The highest BCUT2D eigenvalue weighted by Gasteiger charge is 2.17. The van der Waals surface area contributed by atoms with Gasteiger partial charge in [-0.05, 0) is 31.5 Å². The first-order valence-corrected chi connectivity index (χ1v) is 6.71. The Kier molecular flexibility index (Phi) is 4.80. The van der Waals surface area contributed by atoms with Gasteiger partial charge in [-0.1, -0.05) is 13.8 Å². The van der Waals surface area contributed by atoms with Crippen LogP contribution in [0.3, 0.4) is 0 Å². The summed E-state index contributed by atoms with van der Waals surface area (Å²) in [6.45, 7) is 5.09. The molecule has 6 nitrogen and oxygen atoms in total. The maximum atomic E-state index is 8.74. The van der Waals surface area contributed by atoms with E-state index in [1.807, 2.05) is 6.07 Å². The second-order valence-electron chi connectivity index (χ2n) is 4.40. The number of nitriles is 1. The highest BCUT2D eigenvalue weighted by Crippen LogP contribution is 2.20. The molecule has 2 heterocycles. The Hall–Kier alpha value is -2.26. The van der Waals surface area contributed by atoms with E-state index in [0.717, 1.165) is 19.4 Å². The normalized spacial score (nSPS) is 12.1. The zero-order valence-electron chi connectivity index (χ0n) is 11.6. The standard InChI is InChI=1S/C14H17N5O/c1-3-7-16-11(4-2)13-18-19-14(20-13)12-6-5-10(8-15)9-17-12/h5-6,9,11,16H,3-4,7H2,1-2H3. The summed E-state index contributed by atoms with van der Waals surface area (Å²) in [4.78, 5) is 4.14. The number of nitrogens with one attached hydrogen (secondary N) is 1. The maximum absolute atomic E-state index is 8.74. The molecule has 0 aromatic carbocycles. The van der Waals surface area contributed by atoms with E-state index in [2.05, 4.69) is 34.3 Å².